The molecule has 0 spiro atoms. The van der Waals surface area contributed by atoms with Crippen LogP contribution in [0.2, 0.25) is 0 Å². The van der Waals surface area contributed by atoms with Crippen molar-refractivity contribution in [2.45, 2.75) is 6.54 Å². The standard InChI is InChI=1S/C21H26N4O5/c1-22-21(23-14-15-6-7-17(28-2)16(13-15)20(27)29-3)25-10-8-24(9-11-25)19(26)18-5-4-12-30-18/h4-7,12-13H,8-11,14H2,1-3H3,(H,22,23). The van der Waals surface area contributed by atoms with E-state index in [0.29, 0.717) is 49.8 Å². The van der Waals surface area contributed by atoms with E-state index in [0.717, 1.165) is 11.5 Å². The molecular formula is C21H26N4O5. The molecule has 0 saturated carbocycles. The Labute approximate surface area is 175 Å². The summed E-state index contributed by atoms with van der Waals surface area (Å²) in [5, 5.41) is 3.31. The maximum Gasteiger partial charge on any atom is 0.341 e. The summed E-state index contributed by atoms with van der Waals surface area (Å²) in [7, 11) is 4.57. The molecule has 1 aliphatic heterocycles. The van der Waals surface area contributed by atoms with Gasteiger partial charge < -0.3 is 29.0 Å². The Bertz CT molecular complexity index is 902. The van der Waals surface area contributed by atoms with Gasteiger partial charge in [0, 0.05) is 39.8 Å². The second kappa shape index (κ2) is 9.82. The number of benzene rings is 1. The molecule has 0 bridgehead atoms. The van der Waals surface area contributed by atoms with Crippen LogP contribution in [-0.4, -0.2) is 75.1 Å². The monoisotopic (exact) mass is 414 g/mol. The zero-order valence-electron chi connectivity index (χ0n) is 17.4. The zero-order valence-corrected chi connectivity index (χ0v) is 17.4. The Morgan fingerprint density at radius 1 is 1.13 bits per heavy atom. The number of carbonyl (C=O) groups excluding carboxylic acids is 2. The molecule has 3 rings (SSSR count). The number of nitrogens with one attached hydrogen (secondary N) is 1. The van der Waals surface area contributed by atoms with E-state index in [4.69, 9.17) is 13.9 Å². The molecule has 9 nitrogen and oxygen atoms in total. The first-order valence-corrected chi connectivity index (χ1v) is 9.61. The van der Waals surface area contributed by atoms with Crippen molar-refractivity contribution in [1.82, 2.24) is 15.1 Å². The molecule has 1 fully saturated rings. The Balaban J connectivity index is 1.58. The number of carbonyl (C=O) groups is 2. The highest BCUT2D eigenvalue weighted by atomic mass is 16.5. The molecule has 0 atom stereocenters. The first-order valence-electron chi connectivity index (χ1n) is 9.61. The predicted molar refractivity (Wildman–Crippen MR) is 111 cm³/mol. The predicted octanol–water partition coefficient (Wildman–Crippen LogP) is 1.61. The number of methoxy groups -OCH3 is 2. The van der Waals surface area contributed by atoms with E-state index < -0.39 is 5.97 Å². The van der Waals surface area contributed by atoms with Gasteiger partial charge in [0.15, 0.2) is 11.7 Å². The molecule has 0 unspecified atom stereocenters. The van der Waals surface area contributed by atoms with Gasteiger partial charge in [0.05, 0.1) is 20.5 Å². The van der Waals surface area contributed by atoms with Gasteiger partial charge >= 0.3 is 5.97 Å². The van der Waals surface area contributed by atoms with Crippen LogP contribution in [0.1, 0.15) is 26.5 Å². The lowest BCUT2D eigenvalue weighted by Gasteiger charge is -2.36. The fourth-order valence-electron chi connectivity index (χ4n) is 3.33. The molecule has 2 aromatic rings. The van der Waals surface area contributed by atoms with E-state index in [1.807, 2.05) is 6.07 Å². The molecule has 2 heterocycles. The number of hydrogen-bond donors (Lipinski definition) is 1. The average molecular weight is 414 g/mol. The summed E-state index contributed by atoms with van der Waals surface area (Å²) in [6.07, 6.45) is 1.50. The first kappa shape index (κ1) is 21.2. The minimum atomic E-state index is -0.449. The minimum absolute atomic E-state index is 0.101. The second-order valence-electron chi connectivity index (χ2n) is 6.68. The van der Waals surface area contributed by atoms with Crippen LogP contribution in [0.3, 0.4) is 0 Å². The smallest absolute Gasteiger partial charge is 0.341 e. The van der Waals surface area contributed by atoms with Gasteiger partial charge in [-0.15, -0.1) is 0 Å². The summed E-state index contributed by atoms with van der Waals surface area (Å²) in [6.45, 7) is 2.95. The number of esters is 1. The molecular weight excluding hydrogens is 388 g/mol. The highest BCUT2D eigenvalue weighted by Gasteiger charge is 2.25. The Kier molecular flexibility index (Phi) is 6.95. The van der Waals surface area contributed by atoms with Crippen molar-refractivity contribution < 1.29 is 23.5 Å². The molecule has 1 aromatic heterocycles. The SMILES string of the molecule is CN=C(NCc1ccc(OC)c(C(=O)OC)c1)N1CCN(C(=O)c2ccco2)CC1. The summed E-state index contributed by atoms with van der Waals surface area (Å²) in [4.78, 5) is 32.6. The Hall–Kier alpha value is -3.49. The highest BCUT2D eigenvalue weighted by Crippen LogP contribution is 2.21. The van der Waals surface area contributed by atoms with Crippen LogP contribution in [0.4, 0.5) is 0 Å². The van der Waals surface area contributed by atoms with Gasteiger partial charge in [-0.2, -0.15) is 0 Å². The number of guanidine groups is 1. The lowest BCUT2D eigenvalue weighted by molar-refractivity contribution is 0.0596. The summed E-state index contributed by atoms with van der Waals surface area (Å²) in [5.41, 5.74) is 1.27. The number of piperazine rings is 1. The summed E-state index contributed by atoms with van der Waals surface area (Å²) in [6, 6.07) is 8.74. The summed E-state index contributed by atoms with van der Waals surface area (Å²) >= 11 is 0. The van der Waals surface area contributed by atoms with Crippen LogP contribution in [0.5, 0.6) is 5.75 Å². The van der Waals surface area contributed by atoms with Gasteiger partial charge in [0.25, 0.3) is 5.91 Å². The lowest BCUT2D eigenvalue weighted by Crippen LogP contribution is -2.53. The van der Waals surface area contributed by atoms with E-state index >= 15 is 0 Å². The number of aliphatic imine (C=N–C) groups is 1. The van der Waals surface area contributed by atoms with Crippen molar-refractivity contribution in [3.63, 3.8) is 0 Å². The van der Waals surface area contributed by atoms with Crippen molar-refractivity contribution in [1.29, 1.82) is 0 Å². The van der Waals surface area contributed by atoms with E-state index in [1.165, 1.54) is 20.5 Å². The third-order valence-corrected chi connectivity index (χ3v) is 4.93. The molecule has 1 saturated heterocycles. The van der Waals surface area contributed by atoms with Gasteiger partial charge in [0.1, 0.15) is 11.3 Å². The van der Waals surface area contributed by atoms with Gasteiger partial charge in [-0.1, -0.05) is 6.07 Å². The van der Waals surface area contributed by atoms with Crippen LogP contribution >= 0.6 is 0 Å². The van der Waals surface area contributed by atoms with Gasteiger partial charge in [0.2, 0.25) is 0 Å². The van der Waals surface area contributed by atoms with Crippen LogP contribution in [0.25, 0.3) is 0 Å². The lowest BCUT2D eigenvalue weighted by atomic mass is 10.1. The van der Waals surface area contributed by atoms with Gasteiger partial charge in [-0.05, 0) is 29.8 Å². The number of hydrogen-bond acceptors (Lipinski definition) is 6. The molecule has 1 N–H and O–H groups in total. The number of nitrogens with zero attached hydrogens (tertiary/aromatic N) is 3. The Morgan fingerprint density at radius 3 is 2.47 bits per heavy atom. The normalized spacial score (nSPS) is 14.4. The molecule has 30 heavy (non-hydrogen) atoms. The number of rotatable bonds is 5. The zero-order chi connectivity index (χ0) is 21.5. The molecule has 0 aliphatic carbocycles. The molecule has 160 valence electrons. The molecule has 1 amide bonds. The largest absolute Gasteiger partial charge is 0.496 e. The Morgan fingerprint density at radius 2 is 1.87 bits per heavy atom. The van der Waals surface area contributed by atoms with Crippen molar-refractivity contribution in [3.05, 3.63) is 53.5 Å². The van der Waals surface area contributed by atoms with Crippen molar-refractivity contribution in [3.8, 4) is 5.75 Å². The van der Waals surface area contributed by atoms with Crippen molar-refractivity contribution in [2.24, 2.45) is 4.99 Å². The second-order valence-corrected chi connectivity index (χ2v) is 6.68. The van der Waals surface area contributed by atoms with Crippen LogP contribution in [-0.2, 0) is 11.3 Å². The summed E-state index contributed by atoms with van der Waals surface area (Å²) < 4.78 is 15.3. The first-order chi connectivity index (χ1) is 14.6. The van der Waals surface area contributed by atoms with Crippen molar-refractivity contribution >= 4 is 17.8 Å². The highest BCUT2D eigenvalue weighted by molar-refractivity contribution is 5.93. The van der Waals surface area contributed by atoms with E-state index in [9.17, 15) is 9.59 Å². The quantitative estimate of drug-likeness (QED) is 0.451. The number of amides is 1. The van der Waals surface area contributed by atoms with Crippen LogP contribution in [0, 0.1) is 0 Å². The van der Waals surface area contributed by atoms with E-state index in [-0.39, 0.29) is 5.91 Å². The van der Waals surface area contributed by atoms with Gasteiger partial charge in [-0.3, -0.25) is 9.79 Å². The minimum Gasteiger partial charge on any atom is -0.496 e. The number of ether oxygens (including phenoxy) is 2. The molecule has 0 radical (unpaired) electrons. The van der Waals surface area contributed by atoms with Crippen LogP contribution in [0.15, 0.2) is 46.0 Å². The molecule has 9 heteroatoms. The van der Waals surface area contributed by atoms with E-state index in [1.54, 1.807) is 36.2 Å². The maximum absolute atomic E-state index is 12.4. The van der Waals surface area contributed by atoms with Gasteiger partial charge in [-0.25, -0.2) is 4.79 Å². The number of furan rings is 1. The average Bonchev–Trinajstić information content (AvgIpc) is 3.33. The summed E-state index contributed by atoms with van der Waals surface area (Å²) in [5.74, 6) is 1.00. The molecule has 1 aliphatic rings. The third kappa shape index (κ3) is 4.73. The maximum atomic E-state index is 12.4. The van der Waals surface area contributed by atoms with Crippen LogP contribution < -0.4 is 10.1 Å². The fourth-order valence-corrected chi connectivity index (χ4v) is 3.33. The topological polar surface area (TPSA) is 96.6 Å². The fraction of sp³-hybridized carbons (Fsp3) is 0.381. The van der Waals surface area contributed by atoms with Crippen molar-refractivity contribution in [2.75, 3.05) is 47.4 Å². The molecule has 1 aromatic carbocycles. The van der Waals surface area contributed by atoms with E-state index in [2.05, 4.69) is 15.2 Å². The third-order valence-electron chi connectivity index (χ3n) is 4.93.